The number of rotatable bonds is 8. The van der Waals surface area contributed by atoms with Gasteiger partial charge in [-0.05, 0) is 40.3 Å². The first-order chi connectivity index (χ1) is 16.4. The highest BCUT2D eigenvalue weighted by Crippen LogP contribution is 2.22. The molecule has 0 fully saturated rings. The maximum absolute atomic E-state index is 13.1. The Kier molecular flexibility index (Phi) is 6.66. The van der Waals surface area contributed by atoms with Gasteiger partial charge in [-0.25, -0.2) is 17.5 Å². The lowest BCUT2D eigenvalue weighted by Gasteiger charge is -2.13. The van der Waals surface area contributed by atoms with Gasteiger partial charge >= 0.3 is 5.97 Å². The van der Waals surface area contributed by atoms with Crippen LogP contribution < -0.4 is 0 Å². The van der Waals surface area contributed by atoms with Crippen LogP contribution in [0.4, 0.5) is 0 Å². The smallest absolute Gasteiger partial charge is 0.357 e. The molecule has 0 amide bonds. The number of aromatic nitrogens is 4. The molecule has 10 nitrogen and oxygen atoms in total. The Bertz CT molecular complexity index is 1410. The number of esters is 1. The third kappa shape index (κ3) is 4.95. The SMILES string of the molecule is CN(C)S(=O)(=O)c1cccc(COC(=O)/C(=C/c2ccco2)n2nnnc2-c2ccccc2)c1. The molecule has 0 spiro atoms. The fourth-order valence-electron chi connectivity index (χ4n) is 3.06. The Hall–Kier alpha value is -4.09. The summed E-state index contributed by atoms with van der Waals surface area (Å²) < 4.78 is 38.1. The summed E-state index contributed by atoms with van der Waals surface area (Å²) in [6.45, 7) is -0.159. The number of furan rings is 1. The zero-order valence-electron chi connectivity index (χ0n) is 18.4. The van der Waals surface area contributed by atoms with Crippen LogP contribution in [-0.4, -0.2) is 53.0 Å². The number of hydrogen-bond acceptors (Lipinski definition) is 8. The third-order valence-corrected chi connectivity index (χ3v) is 6.62. The van der Waals surface area contributed by atoms with Crippen LogP contribution in [0.25, 0.3) is 23.2 Å². The van der Waals surface area contributed by atoms with Gasteiger partial charge in [0.2, 0.25) is 10.0 Å². The van der Waals surface area contributed by atoms with Gasteiger partial charge in [-0.3, -0.25) is 0 Å². The molecule has 0 saturated heterocycles. The van der Waals surface area contributed by atoms with Crippen LogP contribution in [0.3, 0.4) is 0 Å². The summed E-state index contributed by atoms with van der Waals surface area (Å²) in [5.74, 6) is 0.0247. The maximum atomic E-state index is 13.1. The van der Waals surface area contributed by atoms with Gasteiger partial charge in [0, 0.05) is 25.7 Å². The Morgan fingerprint density at radius 1 is 1.09 bits per heavy atom. The molecular weight excluding hydrogens is 458 g/mol. The van der Waals surface area contributed by atoms with E-state index < -0.39 is 16.0 Å². The molecule has 0 unspecified atom stereocenters. The van der Waals surface area contributed by atoms with Gasteiger partial charge in [-0.15, -0.1) is 5.10 Å². The second-order valence-corrected chi connectivity index (χ2v) is 9.49. The van der Waals surface area contributed by atoms with Crippen LogP contribution >= 0.6 is 0 Å². The number of tetrazole rings is 1. The molecule has 0 atom stereocenters. The van der Waals surface area contributed by atoms with Crippen molar-refractivity contribution in [2.75, 3.05) is 14.1 Å². The van der Waals surface area contributed by atoms with Gasteiger partial charge in [0.15, 0.2) is 11.5 Å². The van der Waals surface area contributed by atoms with Gasteiger partial charge < -0.3 is 9.15 Å². The number of ether oxygens (including phenoxy) is 1. The average molecular weight is 480 g/mol. The van der Waals surface area contributed by atoms with Crippen LogP contribution in [0.2, 0.25) is 0 Å². The standard InChI is InChI=1S/C23H21N5O5S/c1-27(2)34(30,31)20-12-6-8-17(14-20)16-33-23(29)21(15-19-11-7-13-32-19)28-22(24-25-26-28)18-9-4-3-5-10-18/h3-15H,16H2,1-2H3/b21-15-. The maximum Gasteiger partial charge on any atom is 0.357 e. The average Bonchev–Trinajstić information content (AvgIpc) is 3.54. The predicted molar refractivity (Wildman–Crippen MR) is 123 cm³/mol. The van der Waals surface area contributed by atoms with Crippen molar-refractivity contribution < 1.29 is 22.4 Å². The fourth-order valence-corrected chi connectivity index (χ4v) is 4.03. The van der Waals surface area contributed by atoms with Crippen LogP contribution in [0.5, 0.6) is 0 Å². The van der Waals surface area contributed by atoms with Crippen molar-refractivity contribution in [2.24, 2.45) is 0 Å². The zero-order valence-corrected chi connectivity index (χ0v) is 19.2. The van der Waals surface area contributed by atoms with E-state index in [2.05, 4.69) is 15.5 Å². The van der Waals surface area contributed by atoms with E-state index in [1.807, 2.05) is 30.3 Å². The van der Waals surface area contributed by atoms with Gasteiger partial charge in [0.1, 0.15) is 12.4 Å². The molecule has 0 aliphatic carbocycles. The number of benzene rings is 2. The van der Waals surface area contributed by atoms with Crippen molar-refractivity contribution in [1.82, 2.24) is 24.5 Å². The Labute approximate surface area is 196 Å². The molecule has 2 aromatic carbocycles. The quantitative estimate of drug-likeness (QED) is 0.279. The number of hydrogen-bond donors (Lipinski definition) is 0. The van der Waals surface area contributed by atoms with Crippen LogP contribution in [0.1, 0.15) is 11.3 Å². The van der Waals surface area contributed by atoms with Crippen molar-refractivity contribution in [3.05, 3.63) is 84.3 Å². The molecule has 4 aromatic rings. The molecule has 0 bridgehead atoms. The number of nitrogens with zero attached hydrogens (tertiary/aromatic N) is 5. The van der Waals surface area contributed by atoms with Gasteiger partial charge in [0.05, 0.1) is 11.2 Å². The van der Waals surface area contributed by atoms with Crippen molar-refractivity contribution in [1.29, 1.82) is 0 Å². The second kappa shape index (κ2) is 9.81. The van der Waals surface area contributed by atoms with Gasteiger partial charge in [-0.2, -0.15) is 4.68 Å². The molecule has 4 rings (SSSR count). The summed E-state index contributed by atoms with van der Waals surface area (Å²) in [5, 5.41) is 11.7. The summed E-state index contributed by atoms with van der Waals surface area (Å²) in [6.07, 6.45) is 2.95. The number of carbonyl (C=O) groups is 1. The van der Waals surface area contributed by atoms with E-state index in [-0.39, 0.29) is 17.2 Å². The Balaban J connectivity index is 1.63. The fraction of sp³-hybridized carbons (Fsp3) is 0.130. The molecule has 11 heteroatoms. The van der Waals surface area contributed by atoms with Crippen LogP contribution in [-0.2, 0) is 26.2 Å². The second-order valence-electron chi connectivity index (χ2n) is 7.34. The number of sulfonamides is 1. The van der Waals surface area contributed by atoms with Crippen molar-refractivity contribution >= 4 is 27.8 Å². The summed E-state index contributed by atoms with van der Waals surface area (Å²) in [6, 6.07) is 18.7. The molecule has 34 heavy (non-hydrogen) atoms. The molecule has 0 aliphatic rings. The lowest BCUT2D eigenvalue weighted by Crippen LogP contribution is -2.22. The Morgan fingerprint density at radius 3 is 2.59 bits per heavy atom. The predicted octanol–water partition coefficient (Wildman–Crippen LogP) is 2.92. The minimum absolute atomic E-state index is 0.0240. The highest BCUT2D eigenvalue weighted by molar-refractivity contribution is 7.89. The van der Waals surface area contributed by atoms with E-state index >= 15 is 0 Å². The van der Waals surface area contributed by atoms with E-state index in [1.54, 1.807) is 24.3 Å². The lowest BCUT2D eigenvalue weighted by molar-refractivity contribution is -0.138. The first kappa shape index (κ1) is 23.1. The van der Waals surface area contributed by atoms with E-state index in [0.29, 0.717) is 22.7 Å². The Morgan fingerprint density at radius 2 is 1.88 bits per heavy atom. The summed E-state index contributed by atoms with van der Waals surface area (Å²) >= 11 is 0. The molecular formula is C23H21N5O5S. The van der Waals surface area contributed by atoms with E-state index in [4.69, 9.17) is 9.15 Å². The highest BCUT2D eigenvalue weighted by Gasteiger charge is 2.22. The van der Waals surface area contributed by atoms with Crippen LogP contribution in [0.15, 0.2) is 82.3 Å². The van der Waals surface area contributed by atoms with E-state index in [9.17, 15) is 13.2 Å². The monoisotopic (exact) mass is 479 g/mol. The molecule has 0 saturated carbocycles. The van der Waals surface area contributed by atoms with Crippen LogP contribution in [0, 0.1) is 0 Å². The lowest BCUT2D eigenvalue weighted by atomic mass is 10.2. The summed E-state index contributed by atoms with van der Waals surface area (Å²) in [5.41, 5.74) is 1.23. The zero-order chi connectivity index (χ0) is 24.1. The molecule has 2 aromatic heterocycles. The molecule has 0 aliphatic heterocycles. The summed E-state index contributed by atoms with van der Waals surface area (Å²) in [7, 11) is -0.725. The topological polar surface area (TPSA) is 120 Å². The third-order valence-electron chi connectivity index (χ3n) is 4.81. The largest absolute Gasteiger partial charge is 0.465 e. The minimum atomic E-state index is -3.62. The molecule has 0 N–H and O–H groups in total. The first-order valence-corrected chi connectivity index (χ1v) is 11.6. The summed E-state index contributed by atoms with van der Waals surface area (Å²) in [4.78, 5) is 13.2. The molecule has 174 valence electrons. The first-order valence-electron chi connectivity index (χ1n) is 10.1. The van der Waals surface area contributed by atoms with Crippen molar-refractivity contribution in [3.8, 4) is 11.4 Å². The van der Waals surface area contributed by atoms with Gasteiger partial charge in [0.25, 0.3) is 0 Å². The van der Waals surface area contributed by atoms with Crippen molar-refractivity contribution in [3.63, 3.8) is 0 Å². The molecule has 0 radical (unpaired) electrons. The van der Waals surface area contributed by atoms with Gasteiger partial charge in [-0.1, -0.05) is 42.5 Å². The van der Waals surface area contributed by atoms with E-state index in [0.717, 1.165) is 4.31 Å². The number of carbonyl (C=O) groups excluding carboxylic acids is 1. The van der Waals surface area contributed by atoms with E-state index in [1.165, 1.54) is 43.2 Å². The molecule has 2 heterocycles. The normalized spacial score (nSPS) is 12.1. The van der Waals surface area contributed by atoms with Crippen molar-refractivity contribution in [2.45, 2.75) is 11.5 Å². The minimum Gasteiger partial charge on any atom is -0.465 e. The highest BCUT2D eigenvalue weighted by atomic mass is 32.2.